The lowest BCUT2D eigenvalue weighted by molar-refractivity contribution is 0.462. The first-order chi connectivity index (χ1) is 16.3. The van der Waals surface area contributed by atoms with Crippen LogP contribution in [0.2, 0.25) is 0 Å². The van der Waals surface area contributed by atoms with E-state index in [2.05, 4.69) is 87.6 Å². The Morgan fingerprint density at radius 1 is 0.788 bits per heavy atom. The van der Waals surface area contributed by atoms with Crippen molar-refractivity contribution in [2.75, 3.05) is 10.6 Å². The first-order valence-corrected chi connectivity index (χ1v) is 12.5. The van der Waals surface area contributed by atoms with Crippen molar-refractivity contribution in [3.05, 3.63) is 90.1 Å². The molecule has 0 unspecified atom stereocenters. The van der Waals surface area contributed by atoms with Gasteiger partial charge in [-0.2, -0.15) is 5.10 Å². The van der Waals surface area contributed by atoms with Crippen LogP contribution in [0.25, 0.3) is 0 Å². The summed E-state index contributed by atoms with van der Waals surface area (Å²) in [7, 11) is 0. The summed E-state index contributed by atoms with van der Waals surface area (Å²) in [5.74, 6) is 2.50. The van der Waals surface area contributed by atoms with Gasteiger partial charge in [-0.05, 0) is 42.7 Å². The molecule has 1 fully saturated rings. The summed E-state index contributed by atoms with van der Waals surface area (Å²) in [4.78, 5) is 7.23. The molecule has 0 radical (unpaired) electrons. The Bertz CT molecular complexity index is 1150. The highest BCUT2D eigenvalue weighted by Gasteiger charge is 2.15. The molecule has 168 valence electrons. The van der Waals surface area contributed by atoms with Gasteiger partial charge in [-0.3, -0.25) is 5.10 Å². The minimum atomic E-state index is 0.499. The lowest BCUT2D eigenvalue weighted by atomic mass is 9.95. The van der Waals surface area contributed by atoms with Gasteiger partial charge in [0.2, 0.25) is 0 Å². The number of anilines is 3. The average molecular weight is 456 g/mol. The number of benzene rings is 2. The monoisotopic (exact) mass is 455 g/mol. The van der Waals surface area contributed by atoms with Gasteiger partial charge in [-0.25, -0.2) is 4.98 Å². The summed E-state index contributed by atoms with van der Waals surface area (Å²) in [5, 5.41) is 14.7. The molecule has 5 nitrogen and oxygen atoms in total. The van der Waals surface area contributed by atoms with E-state index >= 15 is 0 Å². The standard InChI is InChI=1S/C27H29N5S/c1-4-10-20(11-5-1)16-22-17-27(32-31-22)30-26-19-24(33-23-14-8-3-9-15-23)18-25(29-26)28-21-12-6-2-7-13-21/h1,3-5,8-11,14-15,17-19,21H,2,6-7,12-13,16H2,(H3,28,29,30,31,32). The summed E-state index contributed by atoms with van der Waals surface area (Å²) < 4.78 is 0. The number of aromatic nitrogens is 3. The van der Waals surface area contributed by atoms with Crippen molar-refractivity contribution in [2.45, 2.75) is 54.4 Å². The van der Waals surface area contributed by atoms with Crippen LogP contribution in [0, 0.1) is 0 Å². The zero-order valence-corrected chi connectivity index (χ0v) is 19.4. The highest BCUT2D eigenvalue weighted by molar-refractivity contribution is 7.99. The predicted molar refractivity (Wildman–Crippen MR) is 136 cm³/mol. The summed E-state index contributed by atoms with van der Waals surface area (Å²) in [5.41, 5.74) is 2.32. The summed E-state index contributed by atoms with van der Waals surface area (Å²) >= 11 is 1.75. The molecule has 1 aliphatic carbocycles. The molecule has 3 N–H and O–H groups in total. The molecule has 2 heterocycles. The molecule has 5 rings (SSSR count). The van der Waals surface area contributed by atoms with E-state index in [0.717, 1.165) is 34.5 Å². The Labute approximate surface area is 199 Å². The third-order valence-corrected chi connectivity index (χ3v) is 6.84. The molecule has 33 heavy (non-hydrogen) atoms. The normalized spacial score (nSPS) is 14.2. The lowest BCUT2D eigenvalue weighted by Gasteiger charge is -2.23. The number of hydrogen-bond donors (Lipinski definition) is 3. The third kappa shape index (κ3) is 6.17. The summed E-state index contributed by atoms with van der Waals surface area (Å²) in [6.45, 7) is 0. The zero-order chi connectivity index (χ0) is 22.3. The van der Waals surface area contributed by atoms with Crippen LogP contribution in [0.5, 0.6) is 0 Å². The van der Waals surface area contributed by atoms with Crippen LogP contribution in [-0.2, 0) is 6.42 Å². The second kappa shape index (κ2) is 10.6. The fraction of sp³-hybridized carbons (Fsp3) is 0.259. The second-order valence-corrected chi connectivity index (χ2v) is 9.68. The lowest BCUT2D eigenvalue weighted by Crippen LogP contribution is -2.22. The van der Waals surface area contributed by atoms with Crippen LogP contribution >= 0.6 is 11.8 Å². The maximum atomic E-state index is 4.87. The van der Waals surface area contributed by atoms with Crippen molar-refractivity contribution >= 4 is 29.2 Å². The van der Waals surface area contributed by atoms with Crippen molar-refractivity contribution in [2.24, 2.45) is 0 Å². The molecule has 4 aromatic rings. The molecule has 0 amide bonds. The van der Waals surface area contributed by atoms with E-state index in [1.807, 2.05) is 12.1 Å². The molecule has 0 spiro atoms. The molecule has 0 atom stereocenters. The van der Waals surface area contributed by atoms with Gasteiger partial charge in [0, 0.05) is 34.0 Å². The fourth-order valence-electron chi connectivity index (χ4n) is 4.25. The van der Waals surface area contributed by atoms with Crippen LogP contribution in [-0.4, -0.2) is 21.2 Å². The zero-order valence-electron chi connectivity index (χ0n) is 18.6. The van der Waals surface area contributed by atoms with Crippen molar-refractivity contribution < 1.29 is 0 Å². The Morgan fingerprint density at radius 2 is 1.52 bits per heavy atom. The Hall–Kier alpha value is -3.25. The fourth-order valence-corrected chi connectivity index (χ4v) is 5.15. The van der Waals surface area contributed by atoms with Gasteiger partial charge in [0.25, 0.3) is 0 Å². The van der Waals surface area contributed by atoms with E-state index in [-0.39, 0.29) is 0 Å². The van der Waals surface area contributed by atoms with Gasteiger partial charge in [0.05, 0.1) is 0 Å². The molecule has 1 saturated carbocycles. The maximum Gasteiger partial charge on any atom is 0.153 e. The number of nitrogens with one attached hydrogen (secondary N) is 3. The minimum Gasteiger partial charge on any atom is -0.367 e. The maximum absolute atomic E-state index is 4.87. The van der Waals surface area contributed by atoms with Crippen LogP contribution < -0.4 is 10.6 Å². The number of pyridine rings is 1. The van der Waals surface area contributed by atoms with Gasteiger partial charge in [-0.15, -0.1) is 0 Å². The van der Waals surface area contributed by atoms with Crippen molar-refractivity contribution in [3.8, 4) is 0 Å². The van der Waals surface area contributed by atoms with Gasteiger partial charge >= 0.3 is 0 Å². The van der Waals surface area contributed by atoms with E-state index in [1.54, 1.807) is 11.8 Å². The van der Waals surface area contributed by atoms with Crippen LogP contribution in [0.4, 0.5) is 17.5 Å². The molecule has 0 saturated heterocycles. The molecule has 1 aliphatic rings. The van der Waals surface area contributed by atoms with E-state index < -0.39 is 0 Å². The smallest absolute Gasteiger partial charge is 0.153 e. The number of aromatic amines is 1. The Balaban J connectivity index is 1.35. The van der Waals surface area contributed by atoms with Crippen molar-refractivity contribution in [1.29, 1.82) is 0 Å². The Morgan fingerprint density at radius 3 is 2.30 bits per heavy atom. The number of H-pyrrole nitrogens is 1. The summed E-state index contributed by atoms with van der Waals surface area (Å²) in [6, 6.07) is 27.7. The Kier molecular flexibility index (Phi) is 6.92. The highest BCUT2D eigenvalue weighted by atomic mass is 32.2. The van der Waals surface area contributed by atoms with Crippen LogP contribution in [0.1, 0.15) is 43.4 Å². The molecular formula is C27H29N5S. The molecule has 2 aromatic carbocycles. The van der Waals surface area contributed by atoms with Gasteiger partial charge < -0.3 is 10.6 Å². The van der Waals surface area contributed by atoms with E-state index in [1.165, 1.54) is 42.6 Å². The summed E-state index contributed by atoms with van der Waals surface area (Å²) in [6.07, 6.45) is 7.16. The van der Waals surface area contributed by atoms with E-state index in [0.29, 0.717) is 6.04 Å². The predicted octanol–water partition coefficient (Wildman–Crippen LogP) is 7.03. The second-order valence-electron chi connectivity index (χ2n) is 8.53. The molecule has 0 bridgehead atoms. The average Bonchev–Trinajstić information content (AvgIpc) is 3.27. The first kappa shape index (κ1) is 21.6. The topological polar surface area (TPSA) is 65.6 Å². The van der Waals surface area contributed by atoms with Crippen LogP contribution in [0.3, 0.4) is 0 Å². The van der Waals surface area contributed by atoms with Crippen molar-refractivity contribution in [1.82, 2.24) is 15.2 Å². The third-order valence-electron chi connectivity index (χ3n) is 5.86. The van der Waals surface area contributed by atoms with Crippen LogP contribution in [0.15, 0.2) is 88.7 Å². The molecule has 0 aliphatic heterocycles. The quantitative estimate of drug-likeness (QED) is 0.266. The van der Waals surface area contributed by atoms with Gasteiger partial charge in [0.1, 0.15) is 11.6 Å². The SMILES string of the molecule is c1ccc(Cc2cc(Nc3cc(Sc4ccccc4)cc(NC4CCCCC4)n3)n[nH]2)cc1. The van der Waals surface area contributed by atoms with E-state index in [4.69, 9.17) is 4.98 Å². The number of rotatable bonds is 8. The number of hydrogen-bond acceptors (Lipinski definition) is 5. The van der Waals surface area contributed by atoms with Gasteiger partial charge in [-0.1, -0.05) is 79.6 Å². The van der Waals surface area contributed by atoms with E-state index in [9.17, 15) is 0 Å². The largest absolute Gasteiger partial charge is 0.367 e. The molecule has 6 heteroatoms. The first-order valence-electron chi connectivity index (χ1n) is 11.7. The van der Waals surface area contributed by atoms with Crippen molar-refractivity contribution in [3.63, 3.8) is 0 Å². The number of nitrogens with zero attached hydrogens (tertiary/aromatic N) is 2. The van der Waals surface area contributed by atoms with Gasteiger partial charge in [0.15, 0.2) is 5.82 Å². The minimum absolute atomic E-state index is 0.499. The molecule has 2 aromatic heterocycles. The molecular weight excluding hydrogens is 426 g/mol. The highest BCUT2D eigenvalue weighted by Crippen LogP contribution is 2.32.